The predicted molar refractivity (Wildman–Crippen MR) is 94.0 cm³/mol. The van der Waals surface area contributed by atoms with Gasteiger partial charge in [0.25, 0.3) is 5.91 Å². The summed E-state index contributed by atoms with van der Waals surface area (Å²) in [6.45, 7) is 4.93. The van der Waals surface area contributed by atoms with E-state index in [4.69, 9.17) is 5.73 Å². The Balaban J connectivity index is 1.78. The second-order valence-electron chi connectivity index (χ2n) is 6.54. The van der Waals surface area contributed by atoms with Crippen molar-refractivity contribution < 1.29 is 9.59 Å². The second kappa shape index (κ2) is 6.48. The van der Waals surface area contributed by atoms with E-state index >= 15 is 0 Å². The van der Waals surface area contributed by atoms with Crippen molar-refractivity contribution >= 4 is 11.8 Å². The average molecular weight is 322 g/mol. The summed E-state index contributed by atoms with van der Waals surface area (Å²) in [4.78, 5) is 25.9. The van der Waals surface area contributed by atoms with Gasteiger partial charge in [0.2, 0.25) is 5.91 Å². The van der Waals surface area contributed by atoms with Crippen molar-refractivity contribution in [3.63, 3.8) is 0 Å². The van der Waals surface area contributed by atoms with Gasteiger partial charge in [0.15, 0.2) is 0 Å². The molecule has 4 heteroatoms. The molecule has 1 saturated heterocycles. The Hall–Kier alpha value is -2.62. The van der Waals surface area contributed by atoms with E-state index in [1.807, 2.05) is 11.0 Å². The van der Waals surface area contributed by atoms with Crippen molar-refractivity contribution in [1.29, 1.82) is 0 Å². The van der Waals surface area contributed by atoms with Crippen molar-refractivity contribution in [2.45, 2.75) is 32.2 Å². The standard InChI is InChI=1S/C20H22N2O2/c1-13-5-3-4-6-18(13)17-11-14(2)22(12-17)20(24)16-9-7-15(8-10-16)19(21)23/h3-10,14,17H,11-12H2,1-2H3,(H2,21,23)/t14-,17+/m1/s1. The quantitative estimate of drug-likeness (QED) is 0.943. The Kier molecular flexibility index (Phi) is 4.38. The molecule has 1 heterocycles. The molecule has 1 aliphatic heterocycles. The number of aryl methyl sites for hydroxylation is 1. The molecule has 0 radical (unpaired) electrons. The summed E-state index contributed by atoms with van der Waals surface area (Å²) < 4.78 is 0. The van der Waals surface area contributed by atoms with Crippen LogP contribution in [-0.4, -0.2) is 29.3 Å². The van der Waals surface area contributed by atoms with Gasteiger partial charge in [-0.25, -0.2) is 0 Å². The van der Waals surface area contributed by atoms with Gasteiger partial charge in [-0.2, -0.15) is 0 Å². The Morgan fingerprint density at radius 2 is 1.67 bits per heavy atom. The van der Waals surface area contributed by atoms with Crippen molar-refractivity contribution in [3.8, 4) is 0 Å². The molecule has 0 bridgehead atoms. The fraction of sp³-hybridized carbons (Fsp3) is 0.300. The van der Waals surface area contributed by atoms with Crippen molar-refractivity contribution in [1.82, 2.24) is 4.90 Å². The largest absolute Gasteiger partial charge is 0.366 e. The summed E-state index contributed by atoms with van der Waals surface area (Å²) in [7, 11) is 0. The minimum atomic E-state index is -0.483. The van der Waals surface area contributed by atoms with Gasteiger partial charge in [-0.3, -0.25) is 9.59 Å². The highest BCUT2D eigenvalue weighted by molar-refractivity contribution is 5.97. The van der Waals surface area contributed by atoms with Crippen LogP contribution in [0.15, 0.2) is 48.5 Å². The maximum Gasteiger partial charge on any atom is 0.254 e. The molecular formula is C20H22N2O2. The maximum atomic E-state index is 12.8. The lowest BCUT2D eigenvalue weighted by Crippen LogP contribution is -2.34. The third kappa shape index (κ3) is 3.04. The summed E-state index contributed by atoms with van der Waals surface area (Å²) in [5.41, 5.74) is 8.85. The van der Waals surface area contributed by atoms with Gasteiger partial charge >= 0.3 is 0 Å². The molecule has 24 heavy (non-hydrogen) atoms. The first-order chi connectivity index (χ1) is 11.5. The molecule has 1 aliphatic rings. The molecule has 4 nitrogen and oxygen atoms in total. The van der Waals surface area contributed by atoms with E-state index in [9.17, 15) is 9.59 Å². The third-order valence-electron chi connectivity index (χ3n) is 4.88. The molecular weight excluding hydrogens is 300 g/mol. The highest BCUT2D eigenvalue weighted by Crippen LogP contribution is 2.34. The Morgan fingerprint density at radius 3 is 2.29 bits per heavy atom. The number of hydrogen-bond donors (Lipinski definition) is 1. The zero-order valence-electron chi connectivity index (χ0n) is 14.0. The fourth-order valence-electron chi connectivity index (χ4n) is 3.53. The first kappa shape index (κ1) is 16.2. The molecule has 2 N–H and O–H groups in total. The van der Waals surface area contributed by atoms with Gasteiger partial charge in [0, 0.05) is 29.6 Å². The smallest absolute Gasteiger partial charge is 0.254 e. The Bertz CT molecular complexity index is 767. The number of amides is 2. The summed E-state index contributed by atoms with van der Waals surface area (Å²) in [5.74, 6) is -0.104. The minimum Gasteiger partial charge on any atom is -0.366 e. The highest BCUT2D eigenvalue weighted by atomic mass is 16.2. The fourth-order valence-corrected chi connectivity index (χ4v) is 3.53. The Morgan fingerprint density at radius 1 is 1.04 bits per heavy atom. The van der Waals surface area contributed by atoms with E-state index in [0.717, 1.165) is 13.0 Å². The molecule has 0 unspecified atom stereocenters. The predicted octanol–water partition coefficient (Wildman–Crippen LogP) is 3.11. The highest BCUT2D eigenvalue weighted by Gasteiger charge is 2.34. The van der Waals surface area contributed by atoms with E-state index in [-0.39, 0.29) is 11.9 Å². The molecule has 0 aromatic heterocycles. The monoisotopic (exact) mass is 322 g/mol. The topological polar surface area (TPSA) is 63.4 Å². The molecule has 3 rings (SSSR count). The number of nitrogens with zero attached hydrogens (tertiary/aromatic N) is 1. The first-order valence-electron chi connectivity index (χ1n) is 8.23. The van der Waals surface area contributed by atoms with Crippen LogP contribution in [0.25, 0.3) is 0 Å². The number of likely N-dealkylation sites (tertiary alicyclic amines) is 1. The molecule has 0 spiro atoms. The van der Waals surface area contributed by atoms with E-state index < -0.39 is 5.91 Å². The maximum absolute atomic E-state index is 12.8. The number of nitrogens with two attached hydrogens (primary N) is 1. The summed E-state index contributed by atoms with van der Waals surface area (Å²) in [6, 6.07) is 15.1. The van der Waals surface area contributed by atoms with Gasteiger partial charge in [-0.15, -0.1) is 0 Å². The molecule has 2 aromatic rings. The van der Waals surface area contributed by atoms with Crippen LogP contribution in [0.5, 0.6) is 0 Å². The molecule has 2 amide bonds. The van der Waals surface area contributed by atoms with Crippen LogP contribution in [0.2, 0.25) is 0 Å². The summed E-state index contributed by atoms with van der Waals surface area (Å²) in [6.07, 6.45) is 0.968. The molecule has 124 valence electrons. The van der Waals surface area contributed by atoms with Crippen LogP contribution in [-0.2, 0) is 0 Å². The third-order valence-corrected chi connectivity index (χ3v) is 4.88. The molecule has 2 atom stereocenters. The zero-order valence-corrected chi connectivity index (χ0v) is 14.0. The number of rotatable bonds is 3. The van der Waals surface area contributed by atoms with Gasteiger partial charge in [-0.05, 0) is 55.7 Å². The van der Waals surface area contributed by atoms with E-state index in [2.05, 4.69) is 32.0 Å². The second-order valence-corrected chi connectivity index (χ2v) is 6.54. The Labute approximate surface area is 142 Å². The van der Waals surface area contributed by atoms with Gasteiger partial charge in [0.05, 0.1) is 0 Å². The molecule has 2 aromatic carbocycles. The van der Waals surface area contributed by atoms with Crippen LogP contribution in [0.4, 0.5) is 0 Å². The molecule has 1 fully saturated rings. The van der Waals surface area contributed by atoms with Crippen LogP contribution >= 0.6 is 0 Å². The zero-order chi connectivity index (χ0) is 17.3. The van der Waals surface area contributed by atoms with Gasteiger partial charge < -0.3 is 10.6 Å². The van der Waals surface area contributed by atoms with Crippen LogP contribution < -0.4 is 5.73 Å². The number of benzene rings is 2. The number of carbonyl (C=O) groups is 2. The van der Waals surface area contributed by atoms with Crippen molar-refractivity contribution in [3.05, 3.63) is 70.8 Å². The van der Waals surface area contributed by atoms with Crippen molar-refractivity contribution in [2.24, 2.45) is 5.73 Å². The SMILES string of the molecule is Cc1ccccc1[C@H]1C[C@@H](C)N(C(=O)c2ccc(C(N)=O)cc2)C1. The number of carbonyl (C=O) groups excluding carboxylic acids is 2. The first-order valence-corrected chi connectivity index (χ1v) is 8.23. The van der Waals surface area contributed by atoms with E-state index in [1.165, 1.54) is 11.1 Å². The van der Waals surface area contributed by atoms with Gasteiger partial charge in [0.1, 0.15) is 0 Å². The average Bonchev–Trinajstić information content (AvgIpc) is 2.96. The van der Waals surface area contributed by atoms with Crippen LogP contribution in [0, 0.1) is 6.92 Å². The van der Waals surface area contributed by atoms with E-state index in [0.29, 0.717) is 17.0 Å². The van der Waals surface area contributed by atoms with Gasteiger partial charge in [-0.1, -0.05) is 24.3 Å². The van der Waals surface area contributed by atoms with Crippen molar-refractivity contribution in [2.75, 3.05) is 6.54 Å². The summed E-state index contributed by atoms with van der Waals surface area (Å²) >= 11 is 0. The van der Waals surface area contributed by atoms with Crippen LogP contribution in [0.1, 0.15) is 51.1 Å². The number of primary amides is 1. The molecule has 0 saturated carbocycles. The lowest BCUT2D eigenvalue weighted by Gasteiger charge is -2.21. The lowest BCUT2D eigenvalue weighted by atomic mass is 9.93. The summed E-state index contributed by atoms with van der Waals surface area (Å²) in [5, 5.41) is 0. The number of hydrogen-bond acceptors (Lipinski definition) is 2. The minimum absolute atomic E-state index is 0.00889. The molecule has 0 aliphatic carbocycles. The lowest BCUT2D eigenvalue weighted by molar-refractivity contribution is 0.0745. The normalized spacial score (nSPS) is 20.2. The van der Waals surface area contributed by atoms with E-state index in [1.54, 1.807) is 24.3 Å². The van der Waals surface area contributed by atoms with Crippen LogP contribution in [0.3, 0.4) is 0 Å².